The fraction of sp³-hybridized carbons (Fsp3) is 0.929. The molecule has 0 unspecified atom stereocenters. The second-order valence-corrected chi connectivity index (χ2v) is 5.55. The summed E-state index contributed by atoms with van der Waals surface area (Å²) in [4.78, 5) is 11.1. The molecule has 0 heterocycles. The second kappa shape index (κ2) is 7.05. The number of Topliss-reactive ketones (excluding diaryl/α,β-unsaturated/α-hetero) is 1. The van der Waals surface area contributed by atoms with Gasteiger partial charge >= 0.3 is 0 Å². The number of carbonyl (C=O) groups is 1. The summed E-state index contributed by atoms with van der Waals surface area (Å²) in [5.74, 6) is 1.51. The van der Waals surface area contributed by atoms with Crippen molar-refractivity contribution in [1.29, 1.82) is 0 Å². The lowest BCUT2D eigenvalue weighted by atomic mass is 9.81. The van der Waals surface area contributed by atoms with E-state index in [1.54, 1.807) is 6.92 Å². The van der Waals surface area contributed by atoms with Gasteiger partial charge in [-0.2, -0.15) is 0 Å². The Morgan fingerprint density at radius 2 is 2.00 bits per heavy atom. The molecule has 0 saturated heterocycles. The monoisotopic (exact) mass is 225 g/mol. The third-order valence-corrected chi connectivity index (χ3v) is 4.08. The molecule has 2 heteroatoms. The normalized spacial score (nSPS) is 20.2. The van der Waals surface area contributed by atoms with Crippen LogP contribution in [0.1, 0.15) is 65.2 Å². The van der Waals surface area contributed by atoms with Crippen LogP contribution in [0.15, 0.2) is 0 Å². The summed E-state index contributed by atoms with van der Waals surface area (Å²) >= 11 is 0. The molecule has 1 saturated carbocycles. The van der Waals surface area contributed by atoms with Gasteiger partial charge in [-0.05, 0) is 25.2 Å². The van der Waals surface area contributed by atoms with Crippen molar-refractivity contribution >= 4 is 5.78 Å². The highest BCUT2D eigenvalue weighted by Crippen LogP contribution is 2.31. The number of carbonyl (C=O) groups excluding carboxylic acids is 1. The fourth-order valence-electron chi connectivity index (χ4n) is 2.44. The van der Waals surface area contributed by atoms with E-state index in [9.17, 15) is 4.79 Å². The maximum atomic E-state index is 11.1. The molecule has 0 aromatic rings. The molecule has 0 amide bonds. The molecule has 2 nitrogen and oxygen atoms in total. The predicted molar refractivity (Wildman–Crippen MR) is 68.2 cm³/mol. The van der Waals surface area contributed by atoms with Gasteiger partial charge in [0.2, 0.25) is 0 Å². The Kier molecular flexibility index (Phi) is 6.04. The van der Waals surface area contributed by atoms with Crippen LogP contribution in [-0.4, -0.2) is 11.8 Å². The maximum Gasteiger partial charge on any atom is 0.146 e. The first-order valence-corrected chi connectivity index (χ1v) is 6.87. The first-order chi connectivity index (χ1) is 7.61. The molecule has 16 heavy (non-hydrogen) atoms. The lowest BCUT2D eigenvalue weighted by Gasteiger charge is -2.25. The van der Waals surface area contributed by atoms with Crippen LogP contribution in [0.2, 0.25) is 0 Å². The van der Waals surface area contributed by atoms with Crippen molar-refractivity contribution in [3.63, 3.8) is 0 Å². The van der Waals surface area contributed by atoms with Gasteiger partial charge in [0.1, 0.15) is 5.78 Å². The van der Waals surface area contributed by atoms with Gasteiger partial charge in [-0.25, -0.2) is 0 Å². The van der Waals surface area contributed by atoms with Crippen molar-refractivity contribution in [2.75, 3.05) is 0 Å². The molecule has 0 spiro atoms. The van der Waals surface area contributed by atoms with Crippen molar-refractivity contribution in [2.45, 2.75) is 71.3 Å². The van der Waals surface area contributed by atoms with E-state index < -0.39 is 0 Å². The van der Waals surface area contributed by atoms with Crippen LogP contribution in [0, 0.1) is 11.8 Å². The second-order valence-electron chi connectivity index (χ2n) is 5.55. The van der Waals surface area contributed by atoms with E-state index in [-0.39, 0.29) is 11.8 Å². The average Bonchev–Trinajstić information content (AvgIpc) is 2.18. The van der Waals surface area contributed by atoms with Crippen LogP contribution in [-0.2, 0) is 4.79 Å². The first-order valence-electron chi connectivity index (χ1n) is 6.87. The molecule has 2 N–H and O–H groups in total. The number of rotatable bonds is 8. The quantitative estimate of drug-likeness (QED) is 0.644. The summed E-state index contributed by atoms with van der Waals surface area (Å²) in [7, 11) is 0. The van der Waals surface area contributed by atoms with Crippen molar-refractivity contribution < 1.29 is 4.79 Å². The van der Waals surface area contributed by atoms with Gasteiger partial charge in [-0.1, -0.05) is 51.9 Å². The fourth-order valence-corrected chi connectivity index (χ4v) is 2.44. The maximum absolute atomic E-state index is 11.1. The average molecular weight is 225 g/mol. The summed E-state index contributed by atoms with van der Waals surface area (Å²) in [6, 6.07) is -0.244. The third kappa shape index (κ3) is 4.65. The Bertz CT molecular complexity index is 211. The highest BCUT2D eigenvalue weighted by Gasteiger charge is 2.18. The number of nitrogens with two attached hydrogens (primary N) is 1. The number of ketones is 1. The Morgan fingerprint density at radius 3 is 2.50 bits per heavy atom. The zero-order valence-corrected chi connectivity index (χ0v) is 10.9. The molecule has 0 aliphatic heterocycles. The third-order valence-electron chi connectivity index (χ3n) is 4.08. The minimum absolute atomic E-state index is 0.127. The predicted octanol–water partition coefficient (Wildman–Crippen LogP) is 3.29. The van der Waals surface area contributed by atoms with E-state index in [1.807, 2.05) is 0 Å². The van der Waals surface area contributed by atoms with Crippen LogP contribution >= 0.6 is 0 Å². The molecule has 1 aliphatic rings. The van der Waals surface area contributed by atoms with Crippen LogP contribution < -0.4 is 5.73 Å². The Hall–Kier alpha value is -0.370. The summed E-state index contributed by atoms with van der Waals surface area (Å²) in [6.07, 6.45) is 10.8. The molecular weight excluding hydrogens is 198 g/mol. The molecule has 1 fully saturated rings. The molecule has 0 aromatic heterocycles. The van der Waals surface area contributed by atoms with Gasteiger partial charge in [0, 0.05) is 0 Å². The van der Waals surface area contributed by atoms with E-state index in [0.29, 0.717) is 5.92 Å². The minimum atomic E-state index is -0.244. The Labute approximate surface area is 100.0 Å². The summed E-state index contributed by atoms with van der Waals surface area (Å²) in [5.41, 5.74) is 5.80. The molecule has 0 aromatic carbocycles. The van der Waals surface area contributed by atoms with E-state index >= 15 is 0 Å². The van der Waals surface area contributed by atoms with Gasteiger partial charge < -0.3 is 5.73 Å². The van der Waals surface area contributed by atoms with Crippen LogP contribution in [0.4, 0.5) is 0 Å². The number of unbranched alkanes of at least 4 members (excludes halogenated alkanes) is 2. The topological polar surface area (TPSA) is 43.1 Å². The smallest absolute Gasteiger partial charge is 0.146 e. The summed E-state index contributed by atoms with van der Waals surface area (Å²) < 4.78 is 0. The van der Waals surface area contributed by atoms with Crippen molar-refractivity contribution in [2.24, 2.45) is 17.6 Å². The van der Waals surface area contributed by atoms with E-state index in [1.165, 1.54) is 44.9 Å². The molecule has 2 atom stereocenters. The largest absolute Gasteiger partial charge is 0.321 e. The highest BCUT2D eigenvalue weighted by molar-refractivity contribution is 5.81. The highest BCUT2D eigenvalue weighted by atomic mass is 16.1. The van der Waals surface area contributed by atoms with Crippen LogP contribution in [0.25, 0.3) is 0 Å². The molecule has 0 bridgehead atoms. The Balaban J connectivity index is 1.95. The first kappa shape index (κ1) is 13.7. The van der Waals surface area contributed by atoms with Crippen LogP contribution in [0.5, 0.6) is 0 Å². The molecule has 0 radical (unpaired) electrons. The SMILES string of the molecule is CC(=O)[C@H](N)[C@@H](C)CCCCCC1CCC1. The molecule has 1 aliphatic carbocycles. The molecular formula is C14H27NO. The van der Waals surface area contributed by atoms with E-state index in [4.69, 9.17) is 5.73 Å². The Morgan fingerprint density at radius 1 is 1.31 bits per heavy atom. The number of hydrogen-bond acceptors (Lipinski definition) is 2. The van der Waals surface area contributed by atoms with Gasteiger partial charge in [-0.3, -0.25) is 4.79 Å². The molecule has 94 valence electrons. The lowest BCUT2D eigenvalue weighted by Crippen LogP contribution is -2.35. The van der Waals surface area contributed by atoms with Gasteiger partial charge in [0.05, 0.1) is 6.04 Å². The zero-order valence-electron chi connectivity index (χ0n) is 10.9. The summed E-state index contributed by atoms with van der Waals surface area (Å²) in [5, 5.41) is 0. The van der Waals surface area contributed by atoms with Crippen molar-refractivity contribution in [3.8, 4) is 0 Å². The van der Waals surface area contributed by atoms with Crippen molar-refractivity contribution in [3.05, 3.63) is 0 Å². The standard InChI is InChI=1S/C14H27NO/c1-11(14(15)12(2)16)7-4-3-5-8-13-9-6-10-13/h11,13-14H,3-10,15H2,1-2H3/t11-,14+/m0/s1. The zero-order chi connectivity index (χ0) is 12.0. The molecule has 1 rings (SSSR count). The number of hydrogen-bond donors (Lipinski definition) is 1. The van der Waals surface area contributed by atoms with Gasteiger partial charge in [0.25, 0.3) is 0 Å². The minimum Gasteiger partial charge on any atom is -0.321 e. The van der Waals surface area contributed by atoms with Crippen LogP contribution in [0.3, 0.4) is 0 Å². The van der Waals surface area contributed by atoms with E-state index in [2.05, 4.69) is 6.92 Å². The van der Waals surface area contributed by atoms with Gasteiger partial charge in [0.15, 0.2) is 0 Å². The van der Waals surface area contributed by atoms with Crippen molar-refractivity contribution in [1.82, 2.24) is 0 Å². The lowest BCUT2D eigenvalue weighted by molar-refractivity contribution is -0.119. The van der Waals surface area contributed by atoms with Gasteiger partial charge in [-0.15, -0.1) is 0 Å². The van der Waals surface area contributed by atoms with E-state index in [0.717, 1.165) is 12.3 Å². The summed E-state index contributed by atoms with van der Waals surface area (Å²) in [6.45, 7) is 3.69.